The molecule has 15 heavy (non-hydrogen) atoms. The van der Waals surface area contributed by atoms with Crippen molar-refractivity contribution < 1.29 is 14.6 Å². The Morgan fingerprint density at radius 3 is 2.73 bits per heavy atom. The second kappa shape index (κ2) is 4.91. The zero-order chi connectivity index (χ0) is 11.4. The minimum atomic E-state index is -0.685. The molecular formula is C11H15NO3. The van der Waals surface area contributed by atoms with Gasteiger partial charge >= 0.3 is 5.97 Å². The predicted octanol–water partition coefficient (Wildman–Crippen LogP) is 0.774. The largest absolute Gasteiger partial charge is 0.465 e. The van der Waals surface area contributed by atoms with Gasteiger partial charge in [0.25, 0.3) is 0 Å². The molecule has 0 saturated heterocycles. The Morgan fingerprint density at radius 2 is 2.27 bits per heavy atom. The quantitative estimate of drug-likeness (QED) is 0.721. The van der Waals surface area contributed by atoms with Gasteiger partial charge in [-0.3, -0.25) is 0 Å². The summed E-state index contributed by atoms with van der Waals surface area (Å²) in [6.45, 7) is 1.95. The topological polar surface area (TPSA) is 72.5 Å². The van der Waals surface area contributed by atoms with E-state index in [1.807, 2.05) is 0 Å². The molecule has 1 aromatic carbocycles. The molecule has 0 saturated carbocycles. The molecule has 4 heteroatoms. The molecule has 0 aliphatic heterocycles. The summed E-state index contributed by atoms with van der Waals surface area (Å²) in [7, 11) is 1.34. The molecule has 3 N–H and O–H groups in total. The lowest BCUT2D eigenvalue weighted by Gasteiger charge is -2.10. The second-order valence-corrected chi connectivity index (χ2v) is 3.32. The zero-order valence-electron chi connectivity index (χ0n) is 8.86. The Hall–Kier alpha value is -1.39. The van der Waals surface area contributed by atoms with Crippen LogP contribution in [0.15, 0.2) is 18.2 Å². The molecule has 1 atom stereocenters. The highest BCUT2D eigenvalue weighted by atomic mass is 16.5. The summed E-state index contributed by atoms with van der Waals surface area (Å²) in [4.78, 5) is 11.3. The fourth-order valence-corrected chi connectivity index (χ4v) is 1.37. The number of hydrogen-bond donors (Lipinski definition) is 2. The predicted molar refractivity (Wildman–Crippen MR) is 56.5 cm³/mol. The van der Waals surface area contributed by atoms with Crippen LogP contribution < -0.4 is 5.73 Å². The van der Waals surface area contributed by atoms with E-state index in [4.69, 9.17) is 5.73 Å². The lowest BCUT2D eigenvalue weighted by molar-refractivity contribution is 0.0599. The minimum absolute atomic E-state index is 0.164. The third kappa shape index (κ3) is 2.55. The number of benzene rings is 1. The van der Waals surface area contributed by atoms with E-state index in [0.29, 0.717) is 11.1 Å². The molecule has 4 nitrogen and oxygen atoms in total. The number of nitrogens with two attached hydrogens (primary N) is 1. The average molecular weight is 209 g/mol. The van der Waals surface area contributed by atoms with Crippen LogP contribution in [0.4, 0.5) is 0 Å². The van der Waals surface area contributed by atoms with Crippen LogP contribution in [0.1, 0.15) is 27.6 Å². The van der Waals surface area contributed by atoms with Gasteiger partial charge in [-0.1, -0.05) is 12.1 Å². The van der Waals surface area contributed by atoms with Crippen molar-refractivity contribution in [2.24, 2.45) is 5.73 Å². The first kappa shape index (κ1) is 11.7. The first-order valence-electron chi connectivity index (χ1n) is 4.67. The summed E-state index contributed by atoms with van der Waals surface area (Å²) >= 11 is 0. The molecule has 0 aliphatic rings. The standard InChI is InChI=1S/C11H15NO3/c1-7-5-8(10(13)6-12)3-4-9(7)11(14)15-2/h3-5,10,13H,6,12H2,1-2H3/t10-/m0/s1. The number of aliphatic hydroxyl groups excluding tert-OH is 1. The van der Waals surface area contributed by atoms with Gasteiger partial charge in [-0.15, -0.1) is 0 Å². The van der Waals surface area contributed by atoms with Crippen LogP contribution >= 0.6 is 0 Å². The molecule has 0 bridgehead atoms. The van der Waals surface area contributed by atoms with Gasteiger partial charge < -0.3 is 15.6 Å². The first-order valence-corrected chi connectivity index (χ1v) is 4.67. The number of hydrogen-bond acceptors (Lipinski definition) is 4. The van der Waals surface area contributed by atoms with Crippen molar-refractivity contribution >= 4 is 5.97 Å². The molecule has 1 rings (SSSR count). The second-order valence-electron chi connectivity index (χ2n) is 3.32. The monoisotopic (exact) mass is 209 g/mol. The maximum absolute atomic E-state index is 11.3. The van der Waals surface area contributed by atoms with E-state index >= 15 is 0 Å². The Morgan fingerprint density at radius 1 is 1.60 bits per heavy atom. The van der Waals surface area contributed by atoms with Crippen molar-refractivity contribution in [3.63, 3.8) is 0 Å². The van der Waals surface area contributed by atoms with Crippen LogP contribution in [0.2, 0.25) is 0 Å². The highest BCUT2D eigenvalue weighted by molar-refractivity contribution is 5.90. The van der Waals surface area contributed by atoms with Crippen molar-refractivity contribution in [3.8, 4) is 0 Å². The van der Waals surface area contributed by atoms with Gasteiger partial charge in [0.15, 0.2) is 0 Å². The number of aryl methyl sites for hydroxylation is 1. The lowest BCUT2D eigenvalue weighted by Crippen LogP contribution is -2.12. The summed E-state index contributed by atoms with van der Waals surface area (Å²) < 4.78 is 4.62. The van der Waals surface area contributed by atoms with Crippen LogP contribution in [0.25, 0.3) is 0 Å². The van der Waals surface area contributed by atoms with Gasteiger partial charge in [-0.2, -0.15) is 0 Å². The molecule has 82 valence electrons. The maximum atomic E-state index is 11.3. The molecule has 1 aromatic rings. The third-order valence-corrected chi connectivity index (χ3v) is 2.26. The molecule has 0 unspecified atom stereocenters. The van der Waals surface area contributed by atoms with Crippen molar-refractivity contribution in [2.45, 2.75) is 13.0 Å². The molecule has 0 aromatic heterocycles. The molecular weight excluding hydrogens is 194 g/mol. The molecule has 0 radical (unpaired) electrons. The maximum Gasteiger partial charge on any atom is 0.338 e. The summed E-state index contributed by atoms with van der Waals surface area (Å²) in [5.41, 5.74) is 7.32. The summed E-state index contributed by atoms with van der Waals surface area (Å²) in [6, 6.07) is 5.05. The Balaban J connectivity index is 3.03. The van der Waals surface area contributed by atoms with Gasteiger partial charge in [0, 0.05) is 6.54 Å². The Labute approximate surface area is 88.7 Å². The van der Waals surface area contributed by atoms with Crippen molar-refractivity contribution in [1.29, 1.82) is 0 Å². The van der Waals surface area contributed by atoms with Crippen molar-refractivity contribution in [3.05, 3.63) is 34.9 Å². The van der Waals surface area contributed by atoms with Crippen molar-refractivity contribution in [1.82, 2.24) is 0 Å². The van der Waals surface area contributed by atoms with Crippen LogP contribution in [-0.4, -0.2) is 24.7 Å². The number of esters is 1. The van der Waals surface area contributed by atoms with E-state index in [1.165, 1.54) is 7.11 Å². The number of aliphatic hydroxyl groups is 1. The van der Waals surface area contributed by atoms with Crippen LogP contribution in [0.5, 0.6) is 0 Å². The Kier molecular flexibility index (Phi) is 3.82. The van der Waals surface area contributed by atoms with Crippen LogP contribution in [0, 0.1) is 6.92 Å². The normalized spacial score (nSPS) is 12.3. The van der Waals surface area contributed by atoms with Gasteiger partial charge in [0.2, 0.25) is 0 Å². The van der Waals surface area contributed by atoms with Crippen molar-refractivity contribution in [2.75, 3.05) is 13.7 Å². The molecule has 0 aliphatic carbocycles. The first-order chi connectivity index (χ1) is 7.10. The van der Waals surface area contributed by atoms with E-state index in [9.17, 15) is 9.90 Å². The van der Waals surface area contributed by atoms with E-state index in [2.05, 4.69) is 4.74 Å². The minimum Gasteiger partial charge on any atom is -0.465 e. The number of ether oxygens (including phenoxy) is 1. The smallest absolute Gasteiger partial charge is 0.338 e. The molecule has 0 spiro atoms. The molecule has 0 amide bonds. The van der Waals surface area contributed by atoms with Gasteiger partial charge in [0.05, 0.1) is 18.8 Å². The summed E-state index contributed by atoms with van der Waals surface area (Å²) in [6.07, 6.45) is -0.685. The van der Waals surface area contributed by atoms with Gasteiger partial charge in [-0.25, -0.2) is 4.79 Å². The zero-order valence-corrected chi connectivity index (χ0v) is 8.86. The number of carbonyl (C=O) groups excluding carboxylic acids is 1. The van der Waals surface area contributed by atoms with Crippen LogP contribution in [-0.2, 0) is 4.74 Å². The van der Waals surface area contributed by atoms with E-state index in [1.54, 1.807) is 25.1 Å². The number of carbonyl (C=O) groups is 1. The lowest BCUT2D eigenvalue weighted by atomic mass is 10.0. The fourth-order valence-electron chi connectivity index (χ4n) is 1.37. The summed E-state index contributed by atoms with van der Waals surface area (Å²) in [5, 5.41) is 9.50. The molecule has 0 fully saturated rings. The van der Waals surface area contributed by atoms with Gasteiger partial charge in [-0.05, 0) is 24.1 Å². The highest BCUT2D eigenvalue weighted by Gasteiger charge is 2.11. The highest BCUT2D eigenvalue weighted by Crippen LogP contribution is 2.17. The SMILES string of the molecule is COC(=O)c1ccc([C@@H](O)CN)cc1C. The van der Waals surface area contributed by atoms with Gasteiger partial charge in [0.1, 0.15) is 0 Å². The van der Waals surface area contributed by atoms with E-state index in [0.717, 1.165) is 5.56 Å². The van der Waals surface area contributed by atoms with Crippen LogP contribution in [0.3, 0.4) is 0 Å². The summed E-state index contributed by atoms with van der Waals surface area (Å²) in [5.74, 6) is -0.374. The third-order valence-electron chi connectivity index (χ3n) is 2.26. The number of rotatable bonds is 3. The van der Waals surface area contributed by atoms with E-state index < -0.39 is 6.10 Å². The number of methoxy groups -OCH3 is 1. The molecule has 0 heterocycles. The van der Waals surface area contributed by atoms with E-state index in [-0.39, 0.29) is 12.5 Å². The Bertz CT molecular complexity index is 363. The average Bonchev–Trinajstić information content (AvgIpc) is 2.26. The fraction of sp³-hybridized carbons (Fsp3) is 0.364.